The van der Waals surface area contributed by atoms with Crippen molar-refractivity contribution in [2.75, 3.05) is 39.2 Å². The fraction of sp³-hybridized carbons (Fsp3) is 0.333. The Labute approximate surface area is 176 Å². The number of anilines is 1. The minimum atomic E-state index is -0.0236. The fourth-order valence-electron chi connectivity index (χ4n) is 2.54. The number of likely N-dealkylation sites (N-methyl/N-ethyl adjacent to an activating group) is 1. The Balaban J connectivity index is 1.95. The molecule has 0 N–H and O–H groups in total. The van der Waals surface area contributed by atoms with E-state index in [0.29, 0.717) is 32.3 Å². The van der Waals surface area contributed by atoms with Gasteiger partial charge in [0.05, 0.1) is 27.6 Å². The van der Waals surface area contributed by atoms with Crippen LogP contribution in [0.4, 0.5) is 5.13 Å². The second-order valence-electron chi connectivity index (χ2n) is 6.16. The molecule has 0 aliphatic heterocycles. The Morgan fingerprint density at radius 2 is 1.93 bits per heavy atom. The molecule has 0 radical (unpaired) electrons. The van der Waals surface area contributed by atoms with Gasteiger partial charge in [-0.1, -0.05) is 34.5 Å². The molecular formula is C18H19Cl2N3O2S2. The lowest BCUT2D eigenvalue weighted by Gasteiger charge is -2.21. The zero-order valence-corrected chi connectivity index (χ0v) is 18.3. The van der Waals surface area contributed by atoms with Crippen LogP contribution >= 0.6 is 45.9 Å². The first-order chi connectivity index (χ1) is 12.9. The third kappa shape index (κ3) is 4.73. The van der Waals surface area contributed by atoms with Gasteiger partial charge in [-0.15, -0.1) is 11.3 Å². The zero-order chi connectivity index (χ0) is 19.6. The average molecular weight is 444 g/mol. The number of rotatable bonds is 7. The second kappa shape index (κ2) is 8.75. The Kier molecular flexibility index (Phi) is 6.60. The molecule has 144 valence electrons. The van der Waals surface area contributed by atoms with Crippen LogP contribution in [0.3, 0.4) is 0 Å². The van der Waals surface area contributed by atoms with Gasteiger partial charge in [0.1, 0.15) is 11.3 Å². The summed E-state index contributed by atoms with van der Waals surface area (Å²) in [4.78, 5) is 22.4. The van der Waals surface area contributed by atoms with E-state index in [9.17, 15) is 4.79 Å². The van der Waals surface area contributed by atoms with E-state index in [1.807, 2.05) is 25.1 Å². The first-order valence-corrected chi connectivity index (χ1v) is 10.6. The summed E-state index contributed by atoms with van der Waals surface area (Å²) < 4.78 is 6.88. The molecule has 27 heavy (non-hydrogen) atoms. The maximum Gasteiger partial charge on any atom is 0.234 e. The van der Waals surface area contributed by atoms with Gasteiger partial charge in [-0.25, -0.2) is 4.98 Å². The summed E-state index contributed by atoms with van der Waals surface area (Å²) in [5, 5.41) is 1.21. The molecule has 0 aliphatic rings. The summed E-state index contributed by atoms with van der Waals surface area (Å²) in [6.45, 7) is 1.25. The number of amides is 1. The number of carbonyl (C=O) groups is 1. The van der Waals surface area contributed by atoms with E-state index in [-0.39, 0.29) is 12.3 Å². The van der Waals surface area contributed by atoms with Gasteiger partial charge in [-0.2, -0.15) is 0 Å². The van der Waals surface area contributed by atoms with Gasteiger partial charge in [0.2, 0.25) is 5.91 Å². The van der Waals surface area contributed by atoms with Crippen LogP contribution in [0.2, 0.25) is 9.36 Å². The molecule has 3 aromatic rings. The molecule has 9 heteroatoms. The topological polar surface area (TPSA) is 45.7 Å². The van der Waals surface area contributed by atoms with Gasteiger partial charge in [0.15, 0.2) is 5.13 Å². The van der Waals surface area contributed by atoms with E-state index in [2.05, 4.69) is 4.98 Å². The molecule has 0 fully saturated rings. The van der Waals surface area contributed by atoms with E-state index in [4.69, 9.17) is 27.9 Å². The molecule has 0 bridgehead atoms. The summed E-state index contributed by atoms with van der Waals surface area (Å²) in [7, 11) is 5.54. The lowest BCUT2D eigenvalue weighted by Crippen LogP contribution is -2.37. The quantitative estimate of drug-likeness (QED) is 0.525. The van der Waals surface area contributed by atoms with Crippen molar-refractivity contribution < 1.29 is 9.53 Å². The maximum absolute atomic E-state index is 13.0. The van der Waals surface area contributed by atoms with Crippen LogP contribution in [0.25, 0.3) is 10.2 Å². The van der Waals surface area contributed by atoms with Crippen molar-refractivity contribution in [3.8, 4) is 5.75 Å². The van der Waals surface area contributed by atoms with Gasteiger partial charge >= 0.3 is 0 Å². The van der Waals surface area contributed by atoms with E-state index < -0.39 is 0 Å². The highest BCUT2D eigenvalue weighted by Crippen LogP contribution is 2.39. The van der Waals surface area contributed by atoms with Crippen LogP contribution in [0.15, 0.2) is 24.3 Å². The summed E-state index contributed by atoms with van der Waals surface area (Å²) in [6.07, 6.45) is 0.283. The number of methoxy groups -OCH3 is 1. The number of ether oxygens (including phenoxy) is 1. The molecule has 0 aliphatic carbocycles. The van der Waals surface area contributed by atoms with Crippen LogP contribution in [0.5, 0.6) is 5.75 Å². The van der Waals surface area contributed by atoms with E-state index in [1.54, 1.807) is 30.2 Å². The monoisotopic (exact) mass is 443 g/mol. The third-order valence-corrected chi connectivity index (χ3v) is 6.69. The number of fused-ring (bicyclic) bond motifs is 1. The van der Waals surface area contributed by atoms with Crippen LogP contribution in [-0.2, 0) is 11.2 Å². The zero-order valence-electron chi connectivity index (χ0n) is 15.2. The predicted molar refractivity (Wildman–Crippen MR) is 115 cm³/mol. The fourth-order valence-corrected chi connectivity index (χ4v) is 4.92. The van der Waals surface area contributed by atoms with Gasteiger partial charge in [-0.3, -0.25) is 9.69 Å². The second-order valence-corrected chi connectivity index (χ2v) is 9.34. The smallest absolute Gasteiger partial charge is 0.234 e. The van der Waals surface area contributed by atoms with Crippen molar-refractivity contribution in [3.05, 3.63) is 38.5 Å². The number of hydrogen-bond donors (Lipinski definition) is 0. The van der Waals surface area contributed by atoms with Crippen LogP contribution < -0.4 is 9.64 Å². The number of aromatic nitrogens is 1. The molecular weight excluding hydrogens is 425 g/mol. The highest BCUT2D eigenvalue weighted by Gasteiger charge is 2.22. The molecule has 0 saturated heterocycles. The van der Waals surface area contributed by atoms with Crippen molar-refractivity contribution in [1.82, 2.24) is 9.88 Å². The van der Waals surface area contributed by atoms with Crippen LogP contribution in [0.1, 0.15) is 4.88 Å². The molecule has 3 rings (SSSR count). The van der Waals surface area contributed by atoms with Gasteiger partial charge in [0, 0.05) is 18.0 Å². The van der Waals surface area contributed by atoms with Crippen LogP contribution in [0, 0.1) is 0 Å². The van der Waals surface area contributed by atoms with E-state index in [1.165, 1.54) is 22.7 Å². The lowest BCUT2D eigenvalue weighted by atomic mass is 10.3. The Bertz CT molecular complexity index is 955. The number of nitrogens with zero attached hydrogens (tertiary/aromatic N) is 3. The van der Waals surface area contributed by atoms with Crippen molar-refractivity contribution >= 4 is 67.1 Å². The summed E-state index contributed by atoms with van der Waals surface area (Å²) >= 11 is 15.1. The van der Waals surface area contributed by atoms with Gasteiger partial charge < -0.3 is 9.64 Å². The summed E-state index contributed by atoms with van der Waals surface area (Å²) in [5.41, 5.74) is 0.673. The molecule has 1 aromatic carbocycles. The summed E-state index contributed by atoms with van der Waals surface area (Å²) in [5.74, 6) is 0.617. The molecule has 5 nitrogen and oxygen atoms in total. The van der Waals surface area contributed by atoms with Crippen molar-refractivity contribution in [1.29, 1.82) is 0 Å². The molecule has 2 heterocycles. The van der Waals surface area contributed by atoms with E-state index >= 15 is 0 Å². The van der Waals surface area contributed by atoms with Gasteiger partial charge in [0.25, 0.3) is 0 Å². The number of thiazole rings is 1. The average Bonchev–Trinajstić information content (AvgIpc) is 3.22. The third-order valence-electron chi connectivity index (χ3n) is 3.92. The largest absolute Gasteiger partial charge is 0.494 e. The molecule has 0 unspecified atom stereocenters. The maximum atomic E-state index is 13.0. The normalized spacial score (nSPS) is 11.3. The number of carbonyl (C=O) groups excluding carboxylic acids is 1. The Hall–Kier alpha value is -1.38. The minimum Gasteiger partial charge on any atom is -0.494 e. The highest BCUT2D eigenvalue weighted by molar-refractivity contribution is 7.23. The number of hydrogen-bond acceptors (Lipinski definition) is 6. The summed E-state index contributed by atoms with van der Waals surface area (Å²) in [6, 6.07) is 7.26. The first-order valence-electron chi connectivity index (χ1n) is 8.21. The standard InChI is InChI=1S/C18H19Cl2N3O2S2/c1-22(2)8-9-23(15(24)10-11-4-7-14(20)26-11)18-21-16-13(25-3)6-5-12(19)17(16)27-18/h4-7H,8-10H2,1-3H3. The van der Waals surface area contributed by atoms with Crippen LogP contribution in [-0.4, -0.2) is 50.1 Å². The molecule has 1 amide bonds. The number of halogens is 2. The molecule has 0 atom stereocenters. The Morgan fingerprint density at radius 1 is 1.15 bits per heavy atom. The Morgan fingerprint density at radius 3 is 2.56 bits per heavy atom. The van der Waals surface area contributed by atoms with Crippen molar-refractivity contribution in [2.24, 2.45) is 0 Å². The number of benzene rings is 1. The minimum absolute atomic E-state index is 0.0236. The molecule has 2 aromatic heterocycles. The van der Waals surface area contributed by atoms with Gasteiger partial charge in [-0.05, 0) is 38.4 Å². The lowest BCUT2D eigenvalue weighted by molar-refractivity contribution is -0.118. The predicted octanol–water partition coefficient (Wildman–Crippen LogP) is 4.81. The molecule has 0 saturated carbocycles. The molecule has 0 spiro atoms. The van der Waals surface area contributed by atoms with E-state index in [0.717, 1.165) is 16.1 Å². The highest BCUT2D eigenvalue weighted by atomic mass is 35.5. The first kappa shape index (κ1) is 20.4. The SMILES string of the molecule is COc1ccc(Cl)c2sc(N(CCN(C)C)C(=O)Cc3ccc(Cl)s3)nc12. The van der Waals surface area contributed by atoms with Crippen molar-refractivity contribution in [3.63, 3.8) is 0 Å². The number of thiophene rings is 1. The van der Waals surface area contributed by atoms with Crippen molar-refractivity contribution in [2.45, 2.75) is 6.42 Å².